The molecule has 0 aromatic heterocycles. The highest BCUT2D eigenvalue weighted by atomic mass is 19.1. The maximum absolute atomic E-state index is 13.4. The van der Waals surface area contributed by atoms with Crippen molar-refractivity contribution in [3.8, 4) is 0 Å². The van der Waals surface area contributed by atoms with Gasteiger partial charge in [0.15, 0.2) is 0 Å². The van der Waals surface area contributed by atoms with Crippen LogP contribution in [0.25, 0.3) is 0 Å². The van der Waals surface area contributed by atoms with Crippen molar-refractivity contribution in [1.29, 1.82) is 0 Å². The molecule has 0 bridgehead atoms. The number of rotatable bonds is 4. The number of anilines is 1. The average Bonchev–Trinajstić information content (AvgIpc) is 3.02. The normalized spacial score (nSPS) is 13.9. The number of halogens is 1. The summed E-state index contributed by atoms with van der Waals surface area (Å²) in [6, 6.07) is 20.0. The first-order valence-electron chi connectivity index (χ1n) is 9.05. The van der Waals surface area contributed by atoms with Crippen molar-refractivity contribution in [1.82, 2.24) is 4.90 Å². The van der Waals surface area contributed by atoms with Gasteiger partial charge in [0.1, 0.15) is 11.9 Å². The zero-order valence-corrected chi connectivity index (χ0v) is 15.4. The van der Waals surface area contributed by atoms with Gasteiger partial charge in [-0.3, -0.25) is 9.59 Å². The average molecular weight is 374 g/mol. The van der Waals surface area contributed by atoms with Crippen LogP contribution in [0.3, 0.4) is 0 Å². The third kappa shape index (κ3) is 3.27. The second kappa shape index (κ2) is 7.27. The number of hydrogen-bond donors (Lipinski definition) is 1. The summed E-state index contributed by atoms with van der Waals surface area (Å²) < 4.78 is 13.4. The Morgan fingerprint density at radius 2 is 1.75 bits per heavy atom. The number of benzene rings is 3. The van der Waals surface area contributed by atoms with Crippen molar-refractivity contribution >= 4 is 17.5 Å². The van der Waals surface area contributed by atoms with Crippen molar-refractivity contribution in [3.63, 3.8) is 0 Å². The van der Waals surface area contributed by atoms with Crippen LogP contribution in [0.15, 0.2) is 72.8 Å². The van der Waals surface area contributed by atoms with Crippen LogP contribution in [0.4, 0.5) is 10.1 Å². The third-order valence-corrected chi connectivity index (χ3v) is 4.97. The number of nitrogens with one attached hydrogen (secondary N) is 1. The van der Waals surface area contributed by atoms with Gasteiger partial charge in [0, 0.05) is 17.8 Å². The fraction of sp³-hybridized carbons (Fsp3) is 0.130. The Balaban J connectivity index is 1.69. The molecule has 0 unspecified atom stereocenters. The number of carbonyl (C=O) groups is 2. The lowest BCUT2D eigenvalue weighted by Crippen LogP contribution is -2.37. The van der Waals surface area contributed by atoms with Gasteiger partial charge in [-0.25, -0.2) is 4.39 Å². The lowest BCUT2D eigenvalue weighted by Gasteiger charge is -2.27. The molecule has 0 spiro atoms. The molecular weight excluding hydrogens is 355 g/mol. The molecule has 3 aromatic rings. The Morgan fingerprint density at radius 3 is 2.46 bits per heavy atom. The number of carbonyl (C=O) groups excluding carboxylic acids is 2. The van der Waals surface area contributed by atoms with Crippen LogP contribution in [0.2, 0.25) is 0 Å². The van der Waals surface area contributed by atoms with Crippen molar-refractivity contribution in [3.05, 3.63) is 101 Å². The molecule has 0 fully saturated rings. The van der Waals surface area contributed by atoms with Crippen LogP contribution in [0.1, 0.15) is 33.1 Å². The van der Waals surface area contributed by atoms with Crippen molar-refractivity contribution < 1.29 is 14.0 Å². The fourth-order valence-electron chi connectivity index (χ4n) is 3.56. The Labute approximate surface area is 162 Å². The molecule has 1 aliphatic heterocycles. The van der Waals surface area contributed by atoms with E-state index in [-0.39, 0.29) is 17.6 Å². The molecule has 0 radical (unpaired) electrons. The van der Waals surface area contributed by atoms with Crippen molar-refractivity contribution in [2.75, 3.05) is 5.32 Å². The summed E-state index contributed by atoms with van der Waals surface area (Å²) in [4.78, 5) is 27.8. The van der Waals surface area contributed by atoms with E-state index in [0.717, 1.165) is 11.1 Å². The van der Waals surface area contributed by atoms with Gasteiger partial charge >= 0.3 is 0 Å². The Kier molecular flexibility index (Phi) is 4.65. The van der Waals surface area contributed by atoms with Crippen LogP contribution in [-0.4, -0.2) is 16.7 Å². The van der Waals surface area contributed by atoms with Crippen LogP contribution in [0.5, 0.6) is 0 Å². The van der Waals surface area contributed by atoms with Gasteiger partial charge in [-0.05, 0) is 47.9 Å². The molecule has 0 saturated heterocycles. The molecule has 5 heteroatoms. The third-order valence-electron chi connectivity index (χ3n) is 4.97. The number of fused-ring (bicyclic) bond motifs is 1. The monoisotopic (exact) mass is 374 g/mol. The molecule has 4 rings (SSSR count). The lowest BCUT2D eigenvalue weighted by atomic mass is 10.0. The van der Waals surface area contributed by atoms with Gasteiger partial charge in [-0.15, -0.1) is 0 Å². The van der Waals surface area contributed by atoms with Gasteiger partial charge in [-0.1, -0.05) is 48.5 Å². The minimum absolute atomic E-state index is 0.171. The standard InChI is InChI=1S/C23H19FN2O2/c1-15-13-18(24)11-12-20(15)25-22(27)21(16-7-3-2-4-8-16)26-14-17-9-5-6-10-19(17)23(26)28/h2-13,21H,14H2,1H3,(H,25,27)/t21-/m1/s1. The number of aryl methyl sites for hydroxylation is 1. The molecule has 3 aromatic carbocycles. The zero-order chi connectivity index (χ0) is 19.7. The van der Waals surface area contributed by atoms with E-state index in [9.17, 15) is 14.0 Å². The van der Waals surface area contributed by atoms with Crippen LogP contribution in [-0.2, 0) is 11.3 Å². The first-order valence-corrected chi connectivity index (χ1v) is 9.05. The summed E-state index contributed by atoms with van der Waals surface area (Å²) in [6.07, 6.45) is 0. The highest BCUT2D eigenvalue weighted by Crippen LogP contribution is 2.32. The summed E-state index contributed by atoms with van der Waals surface area (Å²) in [5.41, 5.74) is 3.39. The van der Waals surface area contributed by atoms with E-state index in [1.165, 1.54) is 18.2 Å². The van der Waals surface area contributed by atoms with Crippen molar-refractivity contribution in [2.24, 2.45) is 0 Å². The predicted octanol–water partition coefficient (Wildman–Crippen LogP) is 4.47. The highest BCUT2D eigenvalue weighted by molar-refractivity contribution is 6.04. The molecule has 0 aliphatic carbocycles. The summed E-state index contributed by atoms with van der Waals surface area (Å²) in [5.74, 6) is -0.863. The van der Waals surface area contributed by atoms with E-state index < -0.39 is 6.04 Å². The predicted molar refractivity (Wildman–Crippen MR) is 105 cm³/mol. The van der Waals surface area contributed by atoms with Gasteiger partial charge in [-0.2, -0.15) is 0 Å². The van der Waals surface area contributed by atoms with E-state index in [0.29, 0.717) is 23.4 Å². The van der Waals surface area contributed by atoms with Gasteiger partial charge < -0.3 is 10.2 Å². The second-order valence-corrected chi connectivity index (χ2v) is 6.85. The molecule has 0 saturated carbocycles. The van der Waals surface area contributed by atoms with E-state index in [2.05, 4.69) is 5.32 Å². The second-order valence-electron chi connectivity index (χ2n) is 6.85. The Morgan fingerprint density at radius 1 is 1.04 bits per heavy atom. The first kappa shape index (κ1) is 17.9. The molecule has 1 heterocycles. The summed E-state index contributed by atoms with van der Waals surface area (Å²) in [5, 5.41) is 2.86. The molecule has 4 nitrogen and oxygen atoms in total. The zero-order valence-electron chi connectivity index (χ0n) is 15.4. The SMILES string of the molecule is Cc1cc(F)ccc1NC(=O)[C@@H](c1ccccc1)N1Cc2ccccc2C1=O. The van der Waals surface area contributed by atoms with Crippen LogP contribution in [0, 0.1) is 12.7 Å². The lowest BCUT2D eigenvalue weighted by molar-refractivity contribution is -0.120. The minimum atomic E-state index is -0.787. The van der Waals surface area contributed by atoms with Crippen LogP contribution < -0.4 is 5.32 Å². The Hall–Kier alpha value is -3.47. The number of amides is 2. The molecule has 2 amide bonds. The topological polar surface area (TPSA) is 49.4 Å². The van der Waals surface area contributed by atoms with Crippen molar-refractivity contribution in [2.45, 2.75) is 19.5 Å². The first-order chi connectivity index (χ1) is 13.5. The summed E-state index contributed by atoms with van der Waals surface area (Å²) in [7, 11) is 0. The van der Waals surface area contributed by atoms with E-state index in [1.807, 2.05) is 48.5 Å². The van der Waals surface area contributed by atoms with Gasteiger partial charge in [0.2, 0.25) is 0 Å². The largest absolute Gasteiger partial charge is 0.324 e. The van der Waals surface area contributed by atoms with E-state index in [1.54, 1.807) is 17.9 Å². The maximum atomic E-state index is 13.4. The molecule has 1 N–H and O–H groups in total. The fourth-order valence-corrected chi connectivity index (χ4v) is 3.56. The molecule has 1 aliphatic rings. The molecular formula is C23H19FN2O2. The summed E-state index contributed by atoms with van der Waals surface area (Å²) >= 11 is 0. The molecule has 28 heavy (non-hydrogen) atoms. The van der Waals surface area contributed by atoms with Gasteiger partial charge in [0.25, 0.3) is 11.8 Å². The van der Waals surface area contributed by atoms with E-state index in [4.69, 9.17) is 0 Å². The summed E-state index contributed by atoms with van der Waals surface area (Å²) in [6.45, 7) is 2.09. The molecule has 1 atom stereocenters. The minimum Gasteiger partial charge on any atom is -0.324 e. The van der Waals surface area contributed by atoms with E-state index >= 15 is 0 Å². The Bertz CT molecular complexity index is 1050. The number of hydrogen-bond acceptors (Lipinski definition) is 2. The molecule has 140 valence electrons. The highest BCUT2D eigenvalue weighted by Gasteiger charge is 2.37. The number of nitrogens with zero attached hydrogens (tertiary/aromatic N) is 1. The van der Waals surface area contributed by atoms with Gasteiger partial charge in [0.05, 0.1) is 0 Å². The smallest absolute Gasteiger partial charge is 0.255 e. The quantitative estimate of drug-likeness (QED) is 0.732. The van der Waals surface area contributed by atoms with Crippen LogP contribution >= 0.6 is 0 Å². The maximum Gasteiger partial charge on any atom is 0.255 e.